The van der Waals surface area contributed by atoms with Gasteiger partial charge in [-0.3, -0.25) is 4.79 Å². The molecule has 0 radical (unpaired) electrons. The van der Waals surface area contributed by atoms with Gasteiger partial charge in [0.05, 0.1) is 13.2 Å². The van der Waals surface area contributed by atoms with Gasteiger partial charge in [-0.2, -0.15) is 0 Å². The predicted molar refractivity (Wildman–Crippen MR) is 82.6 cm³/mol. The zero-order valence-corrected chi connectivity index (χ0v) is 13.3. The lowest BCUT2D eigenvalue weighted by Gasteiger charge is -2.44. The summed E-state index contributed by atoms with van der Waals surface area (Å²) < 4.78 is 5.24. The second kappa shape index (κ2) is 6.67. The van der Waals surface area contributed by atoms with Crippen LogP contribution in [0.1, 0.15) is 31.2 Å². The highest BCUT2D eigenvalue weighted by Gasteiger charge is 2.43. The third kappa shape index (κ3) is 3.16. The summed E-state index contributed by atoms with van der Waals surface area (Å²) in [5, 5.41) is 11.2. The number of rotatable bonds is 4. The summed E-state index contributed by atoms with van der Waals surface area (Å²) in [5.41, 5.74) is -0.260. The van der Waals surface area contributed by atoms with Crippen LogP contribution in [-0.2, 0) is 10.4 Å². The van der Waals surface area contributed by atoms with E-state index in [0.29, 0.717) is 12.2 Å². The molecule has 5 heteroatoms. The number of hydrogen-bond acceptors (Lipinski definition) is 3. The Kier molecular flexibility index (Phi) is 5.12. The molecule has 1 N–H and O–H groups in total. The molecule has 0 aromatic heterocycles. The molecule has 116 valence electrons. The lowest BCUT2D eigenvalue weighted by atomic mass is 9.75. The summed E-state index contributed by atoms with van der Waals surface area (Å²) in [7, 11) is 3.32. The molecule has 0 bridgehead atoms. The van der Waals surface area contributed by atoms with Crippen molar-refractivity contribution in [2.24, 2.45) is 0 Å². The number of methoxy groups -OCH3 is 1. The normalized spacial score (nSPS) is 25.4. The van der Waals surface area contributed by atoms with Crippen molar-refractivity contribution in [1.29, 1.82) is 0 Å². The van der Waals surface area contributed by atoms with Crippen LogP contribution in [0.3, 0.4) is 0 Å². The van der Waals surface area contributed by atoms with Gasteiger partial charge in [0.15, 0.2) is 0 Å². The highest BCUT2D eigenvalue weighted by atomic mass is 35.5. The molecule has 0 spiro atoms. The third-order valence-electron chi connectivity index (χ3n) is 4.38. The molecular weight excluding hydrogens is 290 g/mol. The molecule has 2 atom stereocenters. The van der Waals surface area contributed by atoms with Gasteiger partial charge in [0.2, 0.25) is 5.91 Å². The first-order chi connectivity index (χ1) is 10.0. The summed E-state index contributed by atoms with van der Waals surface area (Å²) in [4.78, 5) is 13.5. The van der Waals surface area contributed by atoms with Crippen molar-refractivity contribution in [3.05, 3.63) is 29.8 Å². The van der Waals surface area contributed by atoms with E-state index in [1.807, 2.05) is 24.3 Å². The summed E-state index contributed by atoms with van der Waals surface area (Å²) >= 11 is 5.66. The number of benzene rings is 1. The van der Waals surface area contributed by atoms with Crippen molar-refractivity contribution in [1.82, 2.24) is 4.90 Å². The van der Waals surface area contributed by atoms with E-state index in [9.17, 15) is 9.90 Å². The Morgan fingerprint density at radius 1 is 1.52 bits per heavy atom. The minimum atomic E-state index is -1.05. The quantitative estimate of drug-likeness (QED) is 0.869. The number of nitrogens with zero attached hydrogens (tertiary/aromatic N) is 1. The number of likely N-dealkylation sites (N-methyl/N-ethyl adjacent to an activating group) is 1. The fourth-order valence-corrected chi connectivity index (χ4v) is 3.34. The number of ether oxygens (including phenoxy) is 1. The van der Waals surface area contributed by atoms with E-state index in [0.717, 1.165) is 24.8 Å². The third-order valence-corrected chi connectivity index (χ3v) is 4.61. The second-order valence-electron chi connectivity index (χ2n) is 5.56. The van der Waals surface area contributed by atoms with Crippen molar-refractivity contribution in [3.63, 3.8) is 0 Å². The maximum atomic E-state index is 11.9. The van der Waals surface area contributed by atoms with Crippen LogP contribution in [0.5, 0.6) is 5.75 Å². The van der Waals surface area contributed by atoms with Gasteiger partial charge < -0.3 is 14.7 Å². The average Bonchev–Trinajstić information content (AvgIpc) is 2.54. The number of amides is 1. The van der Waals surface area contributed by atoms with Crippen molar-refractivity contribution in [2.75, 3.05) is 20.0 Å². The molecule has 21 heavy (non-hydrogen) atoms. The molecule has 4 nitrogen and oxygen atoms in total. The standard InChI is InChI=1S/C16H22ClNO3/c1-18(15(19)11-17)14-8-3-4-9-16(14,20)12-6-5-7-13(10-12)21-2/h5-7,10,14,20H,3-4,8-9,11H2,1-2H3/t14-,16-/m1/s1. The molecule has 1 saturated carbocycles. The van der Waals surface area contributed by atoms with Crippen molar-refractivity contribution in [3.8, 4) is 5.75 Å². The first-order valence-corrected chi connectivity index (χ1v) is 7.75. The van der Waals surface area contributed by atoms with Gasteiger partial charge in [-0.25, -0.2) is 0 Å². The maximum Gasteiger partial charge on any atom is 0.237 e. The molecule has 1 amide bonds. The molecule has 0 aliphatic heterocycles. The molecule has 1 aromatic rings. The van der Waals surface area contributed by atoms with Crippen LogP contribution in [0.4, 0.5) is 0 Å². The van der Waals surface area contributed by atoms with Crippen molar-refractivity contribution >= 4 is 17.5 Å². The molecule has 0 saturated heterocycles. The first-order valence-electron chi connectivity index (χ1n) is 7.21. The van der Waals surface area contributed by atoms with Crippen molar-refractivity contribution in [2.45, 2.75) is 37.3 Å². The van der Waals surface area contributed by atoms with Gasteiger partial charge in [0.1, 0.15) is 17.2 Å². The zero-order valence-electron chi connectivity index (χ0n) is 12.5. The first kappa shape index (κ1) is 16.1. The summed E-state index contributed by atoms with van der Waals surface area (Å²) in [5.74, 6) is 0.475. The molecule has 2 rings (SSSR count). The number of carbonyl (C=O) groups excluding carboxylic acids is 1. The Bertz CT molecular complexity index is 508. The van der Waals surface area contributed by atoms with E-state index in [1.54, 1.807) is 19.1 Å². The number of halogens is 1. The summed E-state index contributed by atoms with van der Waals surface area (Å²) in [6, 6.07) is 7.18. The fourth-order valence-electron chi connectivity index (χ4n) is 3.15. The van der Waals surface area contributed by atoms with Gasteiger partial charge >= 0.3 is 0 Å². The number of carbonyl (C=O) groups is 1. The van der Waals surface area contributed by atoms with Crippen LogP contribution in [0.25, 0.3) is 0 Å². The van der Waals surface area contributed by atoms with E-state index in [-0.39, 0.29) is 17.8 Å². The Morgan fingerprint density at radius 2 is 2.29 bits per heavy atom. The SMILES string of the molecule is COc1cccc([C@]2(O)CCCC[C@H]2N(C)C(=O)CCl)c1. The molecule has 1 aliphatic rings. The van der Waals surface area contributed by atoms with E-state index in [4.69, 9.17) is 16.3 Å². The number of hydrogen-bond donors (Lipinski definition) is 1. The molecular formula is C16H22ClNO3. The lowest BCUT2D eigenvalue weighted by Crippen LogP contribution is -2.53. The van der Waals surface area contributed by atoms with E-state index in [1.165, 1.54) is 0 Å². The minimum Gasteiger partial charge on any atom is -0.497 e. The van der Waals surface area contributed by atoms with Crippen LogP contribution >= 0.6 is 11.6 Å². The molecule has 1 fully saturated rings. The largest absolute Gasteiger partial charge is 0.497 e. The predicted octanol–water partition coefficient (Wildman–Crippen LogP) is 2.52. The molecule has 1 aliphatic carbocycles. The highest BCUT2D eigenvalue weighted by Crippen LogP contribution is 2.40. The Labute approximate surface area is 130 Å². The van der Waals surface area contributed by atoms with Gasteiger partial charge in [0.25, 0.3) is 0 Å². The van der Waals surface area contributed by atoms with Gasteiger partial charge in [0, 0.05) is 7.05 Å². The Balaban J connectivity index is 2.37. The topological polar surface area (TPSA) is 49.8 Å². The molecule has 1 aromatic carbocycles. The Hall–Kier alpha value is -1.26. The van der Waals surface area contributed by atoms with Crippen LogP contribution < -0.4 is 4.74 Å². The van der Waals surface area contributed by atoms with Crippen LogP contribution in [0, 0.1) is 0 Å². The Morgan fingerprint density at radius 3 is 2.95 bits per heavy atom. The smallest absolute Gasteiger partial charge is 0.237 e. The zero-order chi connectivity index (χ0) is 15.5. The fraction of sp³-hybridized carbons (Fsp3) is 0.562. The average molecular weight is 312 g/mol. The highest BCUT2D eigenvalue weighted by molar-refractivity contribution is 6.27. The molecule has 0 heterocycles. The van der Waals surface area contributed by atoms with E-state index < -0.39 is 5.60 Å². The van der Waals surface area contributed by atoms with Gasteiger partial charge in [-0.1, -0.05) is 25.0 Å². The van der Waals surface area contributed by atoms with Crippen LogP contribution in [0.2, 0.25) is 0 Å². The van der Waals surface area contributed by atoms with E-state index in [2.05, 4.69) is 0 Å². The lowest BCUT2D eigenvalue weighted by molar-refractivity contribution is -0.140. The maximum absolute atomic E-state index is 11.9. The van der Waals surface area contributed by atoms with E-state index >= 15 is 0 Å². The number of alkyl halides is 1. The van der Waals surface area contributed by atoms with Gasteiger partial charge in [-0.05, 0) is 30.5 Å². The monoisotopic (exact) mass is 311 g/mol. The minimum absolute atomic E-state index is 0.0683. The van der Waals surface area contributed by atoms with Gasteiger partial charge in [-0.15, -0.1) is 11.6 Å². The summed E-state index contributed by atoms with van der Waals surface area (Å²) in [6.07, 6.45) is 3.33. The van der Waals surface area contributed by atoms with Crippen LogP contribution in [-0.4, -0.2) is 42.0 Å². The molecule has 0 unspecified atom stereocenters. The summed E-state index contributed by atoms with van der Waals surface area (Å²) in [6.45, 7) is 0. The van der Waals surface area contributed by atoms with Crippen LogP contribution in [0.15, 0.2) is 24.3 Å². The number of aliphatic hydroxyl groups is 1. The van der Waals surface area contributed by atoms with Crippen molar-refractivity contribution < 1.29 is 14.6 Å². The second-order valence-corrected chi connectivity index (χ2v) is 5.82.